The van der Waals surface area contributed by atoms with E-state index in [1.54, 1.807) is 0 Å². The van der Waals surface area contributed by atoms with E-state index in [0.717, 1.165) is 12.1 Å². The summed E-state index contributed by atoms with van der Waals surface area (Å²) in [6.07, 6.45) is -6.11. The average molecular weight is 495 g/mol. The van der Waals surface area contributed by atoms with Gasteiger partial charge in [-0.15, -0.1) is 0 Å². The molecule has 1 saturated heterocycles. The molecule has 2 aromatic carbocycles. The largest absolute Gasteiger partial charge is 0.486 e. The quantitative estimate of drug-likeness (QED) is 0.618. The zero-order chi connectivity index (χ0) is 23.9. The molecule has 13 heteroatoms. The second-order valence-corrected chi connectivity index (χ2v) is 9.38. The van der Waals surface area contributed by atoms with Crippen LogP contribution in [-0.2, 0) is 16.2 Å². The minimum absolute atomic E-state index is 0.0141. The van der Waals surface area contributed by atoms with Crippen molar-refractivity contribution in [1.29, 1.82) is 5.26 Å². The average Bonchev–Trinajstić information content (AvgIpc) is 3.07. The van der Waals surface area contributed by atoms with Gasteiger partial charge >= 0.3 is 6.18 Å². The van der Waals surface area contributed by atoms with Crippen molar-refractivity contribution in [2.45, 2.75) is 22.8 Å². The van der Waals surface area contributed by atoms with Crippen LogP contribution in [0.3, 0.4) is 0 Å². The van der Waals surface area contributed by atoms with E-state index in [2.05, 4.69) is 0 Å². The van der Waals surface area contributed by atoms with Crippen molar-refractivity contribution in [1.82, 2.24) is 4.31 Å². The molecule has 1 aliphatic heterocycles. The molecule has 0 bridgehead atoms. The second-order valence-electron chi connectivity index (χ2n) is 7.06. The summed E-state index contributed by atoms with van der Waals surface area (Å²) in [4.78, 5) is -0.696. The van der Waals surface area contributed by atoms with E-state index in [1.165, 1.54) is 12.1 Å². The Morgan fingerprint density at radius 3 is 2.53 bits per heavy atom. The van der Waals surface area contributed by atoms with Crippen LogP contribution in [0.2, 0.25) is 5.02 Å². The predicted molar refractivity (Wildman–Crippen MR) is 103 cm³/mol. The fourth-order valence-electron chi connectivity index (χ4n) is 3.18. The number of benzene rings is 2. The fourth-order valence-corrected chi connectivity index (χ4v) is 4.98. The van der Waals surface area contributed by atoms with Crippen molar-refractivity contribution >= 4 is 21.6 Å². The molecule has 0 aliphatic carbocycles. The molecule has 2 N–H and O–H groups in total. The van der Waals surface area contributed by atoms with Gasteiger partial charge in [0, 0.05) is 12.6 Å². The van der Waals surface area contributed by atoms with E-state index in [1.807, 2.05) is 0 Å². The Balaban J connectivity index is 1.94. The maximum absolute atomic E-state index is 13.3. The lowest BCUT2D eigenvalue weighted by atomic mass is 10.0. The van der Waals surface area contributed by atoms with Crippen LogP contribution in [0, 0.1) is 17.1 Å². The SMILES string of the molecule is N#Cc1cc(C(F)(F)F)ccc1S(=O)(=O)N1CC(Oc2ccc(F)c(Cl)c2)[C@](O)(CO)C1. The Morgan fingerprint density at radius 1 is 1.28 bits per heavy atom. The molecule has 2 aromatic rings. The van der Waals surface area contributed by atoms with Crippen molar-refractivity contribution in [3.05, 3.63) is 58.4 Å². The second kappa shape index (κ2) is 8.49. The molecule has 2 atom stereocenters. The Hall–Kier alpha value is -2.43. The van der Waals surface area contributed by atoms with Crippen LogP contribution < -0.4 is 4.74 Å². The van der Waals surface area contributed by atoms with Gasteiger partial charge in [0.2, 0.25) is 10.0 Å². The van der Waals surface area contributed by atoms with E-state index < -0.39 is 69.4 Å². The highest BCUT2D eigenvalue weighted by atomic mass is 35.5. The number of sulfonamides is 1. The van der Waals surface area contributed by atoms with E-state index in [-0.39, 0.29) is 10.8 Å². The summed E-state index contributed by atoms with van der Waals surface area (Å²) in [5.74, 6) is -0.752. The van der Waals surface area contributed by atoms with Gasteiger partial charge in [0.15, 0.2) is 0 Å². The number of β-amino-alcohol motifs (C(OH)–C–C–N with tert-alkyl or cyclic N) is 1. The van der Waals surface area contributed by atoms with Gasteiger partial charge in [-0.3, -0.25) is 0 Å². The van der Waals surface area contributed by atoms with Gasteiger partial charge in [-0.2, -0.15) is 22.7 Å². The number of nitriles is 1. The first-order chi connectivity index (χ1) is 14.8. The van der Waals surface area contributed by atoms with Gasteiger partial charge in [-0.05, 0) is 30.3 Å². The van der Waals surface area contributed by atoms with Crippen LogP contribution in [0.5, 0.6) is 5.75 Å². The molecular weight excluding hydrogens is 480 g/mol. The first kappa shape index (κ1) is 24.2. The molecule has 0 amide bonds. The first-order valence-electron chi connectivity index (χ1n) is 8.88. The molecular formula is C19H15ClF4N2O5S. The Labute approximate surface area is 185 Å². The van der Waals surface area contributed by atoms with E-state index in [4.69, 9.17) is 16.3 Å². The van der Waals surface area contributed by atoms with E-state index in [0.29, 0.717) is 22.5 Å². The summed E-state index contributed by atoms with van der Waals surface area (Å²) in [5, 5.41) is 29.2. The van der Waals surface area contributed by atoms with E-state index >= 15 is 0 Å². The minimum Gasteiger partial charge on any atom is -0.486 e. The third kappa shape index (κ3) is 4.53. The fraction of sp³-hybridized carbons (Fsp3) is 0.316. The van der Waals surface area contributed by atoms with Gasteiger partial charge in [-0.25, -0.2) is 12.8 Å². The molecule has 1 heterocycles. The number of hydrogen-bond donors (Lipinski definition) is 2. The number of aliphatic hydroxyl groups is 2. The smallest absolute Gasteiger partial charge is 0.416 e. The monoisotopic (exact) mass is 494 g/mol. The lowest BCUT2D eigenvalue weighted by Crippen LogP contribution is -2.48. The van der Waals surface area contributed by atoms with Gasteiger partial charge < -0.3 is 14.9 Å². The van der Waals surface area contributed by atoms with Crippen LogP contribution in [-0.4, -0.2) is 54.3 Å². The highest BCUT2D eigenvalue weighted by Crippen LogP contribution is 2.35. The highest BCUT2D eigenvalue weighted by molar-refractivity contribution is 7.89. The highest BCUT2D eigenvalue weighted by Gasteiger charge is 2.51. The van der Waals surface area contributed by atoms with Gasteiger partial charge in [0.1, 0.15) is 29.3 Å². The molecule has 1 aliphatic rings. The van der Waals surface area contributed by atoms with Crippen LogP contribution >= 0.6 is 11.6 Å². The summed E-state index contributed by atoms with van der Waals surface area (Å²) in [6, 6.07) is 6.29. The molecule has 172 valence electrons. The summed E-state index contributed by atoms with van der Waals surface area (Å²) in [7, 11) is -4.56. The summed E-state index contributed by atoms with van der Waals surface area (Å²) in [5.41, 5.74) is -4.02. The minimum atomic E-state index is -4.78. The standard InChI is InChI=1S/C19H15ClF4N2O5S/c20-14-6-13(2-3-15(14)21)31-17-8-26(9-18(17,28)10-27)32(29,30)16-4-1-12(19(22,23)24)5-11(16)7-25/h1-6,17,27-28H,8-10H2/t17?,18-/m1/s1. The third-order valence-corrected chi connectivity index (χ3v) is 7.07. The zero-order valence-electron chi connectivity index (χ0n) is 16.0. The lowest BCUT2D eigenvalue weighted by Gasteiger charge is -2.27. The predicted octanol–water partition coefficient (Wildman–Crippen LogP) is 2.54. The Bertz CT molecular complexity index is 1190. The lowest BCUT2D eigenvalue weighted by molar-refractivity contribution is -0.137. The molecule has 7 nitrogen and oxygen atoms in total. The molecule has 0 spiro atoms. The van der Waals surface area contributed by atoms with Gasteiger partial charge in [-0.1, -0.05) is 11.6 Å². The number of aliphatic hydroxyl groups excluding tert-OH is 1. The number of nitrogens with zero attached hydrogens (tertiary/aromatic N) is 2. The Morgan fingerprint density at radius 2 is 1.97 bits per heavy atom. The molecule has 1 fully saturated rings. The molecule has 3 rings (SSSR count). The number of halogens is 5. The normalized spacial score (nSPS) is 22.0. The Kier molecular flexibility index (Phi) is 6.43. The molecule has 0 saturated carbocycles. The molecule has 0 aromatic heterocycles. The van der Waals surface area contributed by atoms with Gasteiger partial charge in [0.05, 0.1) is 34.2 Å². The van der Waals surface area contributed by atoms with Crippen molar-refractivity contribution in [3.63, 3.8) is 0 Å². The van der Waals surface area contributed by atoms with Crippen molar-refractivity contribution in [2.75, 3.05) is 19.7 Å². The molecule has 1 unspecified atom stereocenters. The zero-order valence-corrected chi connectivity index (χ0v) is 17.5. The number of hydrogen-bond acceptors (Lipinski definition) is 6. The molecule has 0 radical (unpaired) electrons. The van der Waals surface area contributed by atoms with E-state index in [9.17, 15) is 41.5 Å². The van der Waals surface area contributed by atoms with Gasteiger partial charge in [0.25, 0.3) is 0 Å². The topological polar surface area (TPSA) is 111 Å². The van der Waals surface area contributed by atoms with Crippen molar-refractivity contribution < 1.29 is 40.9 Å². The van der Waals surface area contributed by atoms with Crippen molar-refractivity contribution in [2.24, 2.45) is 0 Å². The first-order valence-corrected chi connectivity index (χ1v) is 10.7. The van der Waals surface area contributed by atoms with Crippen LogP contribution in [0.4, 0.5) is 17.6 Å². The third-order valence-electron chi connectivity index (χ3n) is 4.91. The van der Waals surface area contributed by atoms with Crippen LogP contribution in [0.1, 0.15) is 11.1 Å². The maximum Gasteiger partial charge on any atom is 0.416 e. The number of ether oxygens (including phenoxy) is 1. The summed E-state index contributed by atoms with van der Waals surface area (Å²) < 4.78 is 84.4. The van der Waals surface area contributed by atoms with Crippen molar-refractivity contribution in [3.8, 4) is 11.8 Å². The summed E-state index contributed by atoms with van der Waals surface area (Å²) in [6.45, 7) is -2.10. The number of alkyl halides is 3. The maximum atomic E-state index is 13.3. The van der Waals surface area contributed by atoms with Crippen LogP contribution in [0.15, 0.2) is 41.3 Å². The molecule has 32 heavy (non-hydrogen) atoms. The summed E-state index contributed by atoms with van der Waals surface area (Å²) >= 11 is 5.68. The van der Waals surface area contributed by atoms with Crippen LogP contribution in [0.25, 0.3) is 0 Å². The number of rotatable bonds is 5.